The molecule has 180 valence electrons. The molecule has 2 aromatic carbocycles. The van der Waals surface area contributed by atoms with Gasteiger partial charge >= 0.3 is 12.5 Å². The zero-order valence-electron chi connectivity index (χ0n) is 18.8. The molecule has 34 heavy (non-hydrogen) atoms. The van der Waals surface area contributed by atoms with Crippen LogP contribution in [0.2, 0.25) is 0 Å². The Hall–Kier alpha value is -3.40. The zero-order chi connectivity index (χ0) is 24.1. The number of rotatable bonds is 7. The van der Waals surface area contributed by atoms with Crippen molar-refractivity contribution in [1.29, 1.82) is 0 Å². The van der Waals surface area contributed by atoms with Gasteiger partial charge in [-0.3, -0.25) is 0 Å². The number of hydrogen-bond acceptors (Lipinski definition) is 5. The highest BCUT2D eigenvalue weighted by Crippen LogP contribution is 2.25. The number of likely N-dealkylation sites (N-methyl/N-ethyl adjacent to an activating group) is 1. The highest BCUT2D eigenvalue weighted by molar-refractivity contribution is 5.74. The summed E-state index contributed by atoms with van der Waals surface area (Å²) in [6.45, 7) is 3.30. The van der Waals surface area contributed by atoms with E-state index in [1.807, 2.05) is 37.4 Å². The molecular formula is C24H26F3N5O2. The number of urea groups is 1. The van der Waals surface area contributed by atoms with Crippen molar-refractivity contribution in [1.82, 2.24) is 24.9 Å². The van der Waals surface area contributed by atoms with Crippen molar-refractivity contribution >= 4 is 6.03 Å². The molecule has 0 N–H and O–H groups in total. The van der Waals surface area contributed by atoms with Crippen molar-refractivity contribution in [2.24, 2.45) is 0 Å². The van der Waals surface area contributed by atoms with Crippen LogP contribution < -0.4 is 0 Å². The molecule has 3 aromatic rings. The number of carbonyl (C=O) groups is 1. The Balaban J connectivity index is 1.51. The molecule has 0 aliphatic carbocycles. The minimum Gasteiger partial charge on any atom is -0.415 e. The molecule has 0 radical (unpaired) electrons. The van der Waals surface area contributed by atoms with E-state index >= 15 is 0 Å². The van der Waals surface area contributed by atoms with Gasteiger partial charge in [0.1, 0.15) is 5.82 Å². The first-order valence-electron chi connectivity index (χ1n) is 11.1. The van der Waals surface area contributed by atoms with Gasteiger partial charge in [0.2, 0.25) is 5.89 Å². The highest BCUT2D eigenvalue weighted by Gasteiger charge is 2.25. The summed E-state index contributed by atoms with van der Waals surface area (Å²) in [6, 6.07) is 13.9. The van der Waals surface area contributed by atoms with E-state index in [4.69, 9.17) is 4.42 Å². The van der Waals surface area contributed by atoms with Gasteiger partial charge < -0.3 is 19.1 Å². The minimum atomic E-state index is -2.90. The van der Waals surface area contributed by atoms with Crippen LogP contribution >= 0.6 is 0 Å². The number of piperazine rings is 1. The van der Waals surface area contributed by atoms with Crippen molar-refractivity contribution in [3.8, 4) is 11.5 Å². The van der Waals surface area contributed by atoms with Crippen LogP contribution in [0, 0.1) is 5.82 Å². The molecule has 1 fully saturated rings. The first kappa shape index (κ1) is 23.7. The first-order chi connectivity index (χ1) is 16.4. The standard InChI is InChI=1S/C24H26F3N5O2/c1-30-11-13-31(14-12-30)24(33)32(10-9-17-5-3-2-4-6-17)16-19-8-7-18(15-20(19)25)22-28-29-23(34-22)21(26)27/h2-8,15,21H,9-14,16H2,1H3. The molecule has 0 saturated carbocycles. The Labute approximate surface area is 195 Å². The van der Waals surface area contributed by atoms with Gasteiger partial charge in [0, 0.05) is 43.9 Å². The number of halogens is 3. The Morgan fingerprint density at radius 2 is 1.82 bits per heavy atom. The summed E-state index contributed by atoms with van der Waals surface area (Å²) in [7, 11) is 2.01. The molecule has 0 bridgehead atoms. The van der Waals surface area contributed by atoms with Crippen molar-refractivity contribution in [2.45, 2.75) is 19.4 Å². The van der Waals surface area contributed by atoms with Gasteiger partial charge in [-0.25, -0.2) is 9.18 Å². The smallest absolute Gasteiger partial charge is 0.320 e. The fourth-order valence-corrected chi connectivity index (χ4v) is 3.80. The number of alkyl halides is 2. The van der Waals surface area contributed by atoms with E-state index in [2.05, 4.69) is 15.1 Å². The Morgan fingerprint density at radius 1 is 1.09 bits per heavy atom. The fraction of sp³-hybridized carbons (Fsp3) is 0.375. The second-order valence-electron chi connectivity index (χ2n) is 8.28. The predicted octanol–water partition coefficient (Wildman–Crippen LogP) is 4.23. The van der Waals surface area contributed by atoms with Crippen molar-refractivity contribution < 1.29 is 22.4 Å². The third-order valence-electron chi connectivity index (χ3n) is 5.85. The summed E-state index contributed by atoms with van der Waals surface area (Å²) in [5, 5.41) is 6.83. The molecule has 1 aliphatic heterocycles. The lowest BCUT2D eigenvalue weighted by Crippen LogP contribution is -2.52. The molecule has 0 unspecified atom stereocenters. The monoisotopic (exact) mass is 473 g/mol. The highest BCUT2D eigenvalue weighted by atomic mass is 19.3. The summed E-state index contributed by atoms with van der Waals surface area (Å²) in [5.74, 6) is -1.58. The van der Waals surface area contributed by atoms with Gasteiger partial charge in [0.25, 0.3) is 5.89 Å². The first-order valence-corrected chi connectivity index (χ1v) is 11.1. The molecule has 7 nitrogen and oxygen atoms in total. The Bertz CT molecular complexity index is 1100. The largest absolute Gasteiger partial charge is 0.415 e. The zero-order valence-corrected chi connectivity index (χ0v) is 18.8. The van der Waals surface area contributed by atoms with Crippen molar-refractivity contribution in [3.63, 3.8) is 0 Å². The number of hydrogen-bond donors (Lipinski definition) is 0. The van der Waals surface area contributed by atoms with Gasteiger partial charge in [-0.05, 0) is 31.2 Å². The van der Waals surface area contributed by atoms with Crippen LogP contribution in [-0.4, -0.2) is 70.7 Å². The second kappa shape index (κ2) is 10.7. The van der Waals surface area contributed by atoms with Gasteiger partial charge in [0.15, 0.2) is 0 Å². The average molecular weight is 473 g/mol. The maximum Gasteiger partial charge on any atom is 0.320 e. The normalized spacial score (nSPS) is 14.6. The number of amides is 2. The van der Waals surface area contributed by atoms with Gasteiger partial charge in [0.05, 0.1) is 6.54 Å². The summed E-state index contributed by atoms with van der Waals surface area (Å²) in [4.78, 5) is 18.9. The van der Waals surface area contributed by atoms with E-state index < -0.39 is 18.1 Å². The van der Waals surface area contributed by atoms with Gasteiger partial charge in [-0.15, -0.1) is 10.2 Å². The Morgan fingerprint density at radius 3 is 2.47 bits per heavy atom. The molecule has 2 amide bonds. The SMILES string of the molecule is CN1CCN(C(=O)N(CCc2ccccc2)Cc2ccc(-c3nnc(C(F)F)o3)cc2F)CC1. The third kappa shape index (κ3) is 5.74. The molecule has 10 heteroatoms. The lowest BCUT2D eigenvalue weighted by Gasteiger charge is -2.36. The van der Waals surface area contributed by atoms with E-state index in [1.54, 1.807) is 9.80 Å². The van der Waals surface area contributed by atoms with Gasteiger partial charge in [-0.1, -0.05) is 36.4 Å². The second-order valence-corrected chi connectivity index (χ2v) is 8.28. The molecule has 1 saturated heterocycles. The van der Waals surface area contributed by atoms with Crippen molar-refractivity contribution in [2.75, 3.05) is 39.8 Å². The maximum atomic E-state index is 15.0. The molecule has 2 heterocycles. The van der Waals surface area contributed by atoms with Crippen LogP contribution in [0.5, 0.6) is 0 Å². The number of aromatic nitrogens is 2. The quantitative estimate of drug-likeness (QED) is 0.514. The summed E-state index contributed by atoms with van der Waals surface area (Å²) < 4.78 is 45.3. The van der Waals surface area contributed by atoms with E-state index in [9.17, 15) is 18.0 Å². The number of benzene rings is 2. The van der Waals surface area contributed by atoms with Crippen LogP contribution in [0.3, 0.4) is 0 Å². The average Bonchev–Trinajstić information content (AvgIpc) is 3.34. The van der Waals surface area contributed by atoms with Gasteiger partial charge in [-0.2, -0.15) is 8.78 Å². The maximum absolute atomic E-state index is 15.0. The fourth-order valence-electron chi connectivity index (χ4n) is 3.80. The molecule has 1 aliphatic rings. The molecular weight excluding hydrogens is 447 g/mol. The summed E-state index contributed by atoms with van der Waals surface area (Å²) in [6.07, 6.45) is -2.26. The minimum absolute atomic E-state index is 0.0796. The third-order valence-corrected chi connectivity index (χ3v) is 5.85. The lowest BCUT2D eigenvalue weighted by atomic mass is 10.1. The van der Waals surface area contributed by atoms with Crippen LogP contribution in [0.15, 0.2) is 52.9 Å². The number of carbonyl (C=O) groups excluding carboxylic acids is 1. The predicted molar refractivity (Wildman–Crippen MR) is 120 cm³/mol. The molecule has 0 spiro atoms. The Kier molecular flexibility index (Phi) is 7.46. The number of nitrogens with zero attached hydrogens (tertiary/aromatic N) is 5. The molecule has 1 aromatic heterocycles. The topological polar surface area (TPSA) is 65.7 Å². The summed E-state index contributed by atoms with van der Waals surface area (Å²) in [5.41, 5.74) is 1.59. The van der Waals surface area contributed by atoms with Crippen LogP contribution in [0.1, 0.15) is 23.4 Å². The van der Waals surface area contributed by atoms with E-state index in [0.29, 0.717) is 31.6 Å². The molecule has 0 atom stereocenters. The molecule has 4 rings (SSSR count). The van der Waals surface area contributed by atoms with Crippen LogP contribution in [0.25, 0.3) is 11.5 Å². The van der Waals surface area contributed by atoms with Crippen LogP contribution in [0.4, 0.5) is 18.0 Å². The van der Waals surface area contributed by atoms with Crippen LogP contribution in [-0.2, 0) is 13.0 Å². The van der Waals surface area contributed by atoms with Crippen molar-refractivity contribution in [3.05, 3.63) is 71.4 Å². The lowest BCUT2D eigenvalue weighted by molar-refractivity contribution is 0.116. The van der Waals surface area contributed by atoms with E-state index in [0.717, 1.165) is 24.7 Å². The van der Waals surface area contributed by atoms with E-state index in [-0.39, 0.29) is 24.0 Å². The summed E-state index contributed by atoms with van der Waals surface area (Å²) >= 11 is 0. The van der Waals surface area contributed by atoms with E-state index in [1.165, 1.54) is 12.1 Å².